The largest absolute Gasteiger partial charge is 0.479 e. The zero-order valence-corrected chi connectivity index (χ0v) is 13.5. The van der Waals surface area contributed by atoms with E-state index in [2.05, 4.69) is 4.74 Å². The summed E-state index contributed by atoms with van der Waals surface area (Å²) in [6, 6.07) is 8.35. The van der Waals surface area contributed by atoms with Gasteiger partial charge in [-0.2, -0.15) is 0 Å². The minimum Gasteiger partial charge on any atom is -0.479 e. The van der Waals surface area contributed by atoms with Crippen molar-refractivity contribution in [1.82, 2.24) is 0 Å². The molecular weight excluding hydrogens is 312 g/mol. The van der Waals surface area contributed by atoms with Crippen LogP contribution in [0.4, 0.5) is 0 Å². The molecule has 0 fully saturated rings. The first-order valence-electron chi connectivity index (χ1n) is 7.37. The van der Waals surface area contributed by atoms with Crippen molar-refractivity contribution >= 4 is 17.8 Å². The summed E-state index contributed by atoms with van der Waals surface area (Å²) in [4.78, 5) is 23.8. The highest BCUT2D eigenvalue weighted by molar-refractivity contribution is 6.14. The number of methoxy groups -OCH3 is 1. The van der Waals surface area contributed by atoms with Crippen LogP contribution < -0.4 is 9.47 Å². The van der Waals surface area contributed by atoms with E-state index >= 15 is 0 Å². The number of benzene rings is 1. The van der Waals surface area contributed by atoms with Crippen LogP contribution >= 0.6 is 0 Å². The van der Waals surface area contributed by atoms with Crippen LogP contribution in [0.3, 0.4) is 0 Å². The van der Waals surface area contributed by atoms with Crippen LogP contribution in [0, 0.1) is 6.92 Å². The molecule has 0 N–H and O–H groups in total. The number of ether oxygens (including phenoxy) is 3. The number of ketones is 1. The Bertz CT molecular complexity index is 830. The second-order valence-corrected chi connectivity index (χ2v) is 5.33. The van der Waals surface area contributed by atoms with Crippen LogP contribution in [0.1, 0.15) is 28.8 Å². The Morgan fingerprint density at radius 1 is 1.25 bits per heavy atom. The monoisotopic (exact) mass is 328 g/mol. The molecule has 0 spiro atoms. The lowest BCUT2D eigenvalue weighted by atomic mass is 10.1. The molecule has 2 heterocycles. The van der Waals surface area contributed by atoms with Gasteiger partial charge in [-0.05, 0) is 38.1 Å². The minimum atomic E-state index is -0.758. The lowest BCUT2D eigenvalue weighted by molar-refractivity contribution is -0.147. The first-order chi connectivity index (χ1) is 11.5. The van der Waals surface area contributed by atoms with Gasteiger partial charge >= 0.3 is 5.97 Å². The second-order valence-electron chi connectivity index (χ2n) is 5.33. The first kappa shape index (κ1) is 15.9. The molecule has 0 aliphatic carbocycles. The van der Waals surface area contributed by atoms with E-state index in [4.69, 9.17) is 13.9 Å². The topological polar surface area (TPSA) is 75.0 Å². The van der Waals surface area contributed by atoms with Gasteiger partial charge in [0.2, 0.25) is 5.78 Å². The van der Waals surface area contributed by atoms with Gasteiger partial charge in [-0.1, -0.05) is 0 Å². The Labute approximate surface area is 138 Å². The third-order valence-corrected chi connectivity index (χ3v) is 3.52. The third kappa shape index (κ3) is 3.03. The Morgan fingerprint density at radius 2 is 2.04 bits per heavy atom. The van der Waals surface area contributed by atoms with Crippen molar-refractivity contribution in [2.75, 3.05) is 7.11 Å². The molecule has 1 aliphatic rings. The fourth-order valence-corrected chi connectivity index (χ4v) is 2.32. The molecule has 1 aromatic heterocycles. The van der Waals surface area contributed by atoms with Gasteiger partial charge in [-0.25, -0.2) is 4.79 Å². The Balaban J connectivity index is 1.81. The molecule has 0 radical (unpaired) electrons. The van der Waals surface area contributed by atoms with Crippen LogP contribution in [-0.4, -0.2) is 25.0 Å². The number of fused-ring (bicyclic) bond motifs is 1. The van der Waals surface area contributed by atoms with Crippen LogP contribution in [-0.2, 0) is 9.53 Å². The summed E-state index contributed by atoms with van der Waals surface area (Å²) >= 11 is 0. The van der Waals surface area contributed by atoms with Crippen molar-refractivity contribution in [2.45, 2.75) is 20.0 Å². The lowest BCUT2D eigenvalue weighted by Crippen LogP contribution is -2.24. The number of Topliss-reactive ketones (excluding diaryl/α,β-unsaturated/α-hetero) is 1. The zero-order valence-electron chi connectivity index (χ0n) is 13.5. The van der Waals surface area contributed by atoms with Gasteiger partial charge in [-0.3, -0.25) is 4.79 Å². The maximum absolute atomic E-state index is 12.3. The predicted octanol–water partition coefficient (Wildman–Crippen LogP) is 3.14. The van der Waals surface area contributed by atoms with Crippen molar-refractivity contribution in [3.63, 3.8) is 0 Å². The number of aryl methyl sites for hydroxylation is 1. The predicted molar refractivity (Wildman–Crippen MR) is 84.9 cm³/mol. The van der Waals surface area contributed by atoms with Crippen molar-refractivity contribution in [2.24, 2.45) is 0 Å². The molecule has 6 heteroatoms. The molecular formula is C18H16O6. The molecule has 0 bridgehead atoms. The van der Waals surface area contributed by atoms with Crippen LogP contribution in [0.25, 0.3) is 6.08 Å². The summed E-state index contributed by atoms with van der Waals surface area (Å²) in [7, 11) is 1.29. The second kappa shape index (κ2) is 6.23. The Morgan fingerprint density at radius 3 is 2.71 bits per heavy atom. The standard InChI is InChI=1S/C18H16O6/c1-10-4-5-12(22-10)9-16-17(19)14-7-6-13(8-15(14)24-16)23-11(2)18(20)21-3/h4-9,11H,1-3H3/t11-/m1/s1. The van der Waals surface area contributed by atoms with Crippen LogP contribution in [0.15, 0.2) is 40.5 Å². The number of rotatable bonds is 4. The summed E-state index contributed by atoms with van der Waals surface area (Å²) < 4.78 is 21.1. The highest BCUT2D eigenvalue weighted by Gasteiger charge is 2.28. The molecule has 3 rings (SSSR count). The number of hydrogen-bond donors (Lipinski definition) is 0. The van der Waals surface area contributed by atoms with E-state index in [-0.39, 0.29) is 11.5 Å². The molecule has 0 saturated carbocycles. The van der Waals surface area contributed by atoms with Gasteiger partial charge < -0.3 is 18.6 Å². The molecule has 1 aromatic carbocycles. The quantitative estimate of drug-likeness (QED) is 0.634. The molecule has 2 aromatic rings. The van der Waals surface area contributed by atoms with E-state index in [0.717, 1.165) is 5.76 Å². The van der Waals surface area contributed by atoms with Gasteiger partial charge in [0.1, 0.15) is 23.0 Å². The van der Waals surface area contributed by atoms with Crippen LogP contribution in [0.5, 0.6) is 11.5 Å². The van der Waals surface area contributed by atoms with Crippen molar-refractivity contribution < 1.29 is 28.2 Å². The summed E-state index contributed by atoms with van der Waals surface area (Å²) in [6.07, 6.45) is 0.790. The van der Waals surface area contributed by atoms with E-state index in [1.807, 2.05) is 6.92 Å². The fourth-order valence-electron chi connectivity index (χ4n) is 2.32. The molecule has 0 saturated heterocycles. The first-order valence-corrected chi connectivity index (χ1v) is 7.37. The molecule has 6 nitrogen and oxygen atoms in total. The normalized spacial score (nSPS) is 15.8. The van der Waals surface area contributed by atoms with Crippen molar-refractivity contribution in [1.29, 1.82) is 0 Å². The summed E-state index contributed by atoms with van der Waals surface area (Å²) in [6.45, 7) is 3.40. The van der Waals surface area contributed by atoms with E-state index in [1.165, 1.54) is 7.11 Å². The molecule has 0 amide bonds. The van der Waals surface area contributed by atoms with E-state index in [0.29, 0.717) is 22.8 Å². The number of furan rings is 1. The number of allylic oxidation sites excluding steroid dienone is 1. The maximum Gasteiger partial charge on any atom is 0.346 e. The summed E-state index contributed by atoms with van der Waals surface area (Å²) in [5, 5.41) is 0. The van der Waals surface area contributed by atoms with Gasteiger partial charge in [0, 0.05) is 12.1 Å². The zero-order chi connectivity index (χ0) is 17.3. The van der Waals surface area contributed by atoms with Gasteiger partial charge in [0.25, 0.3) is 0 Å². The smallest absolute Gasteiger partial charge is 0.346 e. The van der Waals surface area contributed by atoms with E-state index in [1.54, 1.807) is 43.3 Å². The molecule has 1 aliphatic heterocycles. The third-order valence-electron chi connectivity index (χ3n) is 3.52. The highest BCUT2D eigenvalue weighted by Crippen LogP contribution is 2.35. The average Bonchev–Trinajstić information content (AvgIpc) is 3.10. The number of esters is 1. The van der Waals surface area contributed by atoms with Gasteiger partial charge in [0.05, 0.1) is 12.7 Å². The Kier molecular flexibility index (Phi) is 4.12. The Hall–Kier alpha value is -3.02. The lowest BCUT2D eigenvalue weighted by Gasteiger charge is -2.12. The van der Waals surface area contributed by atoms with Crippen LogP contribution in [0.2, 0.25) is 0 Å². The maximum atomic E-state index is 12.3. The van der Waals surface area contributed by atoms with Gasteiger partial charge in [-0.15, -0.1) is 0 Å². The summed E-state index contributed by atoms with van der Waals surface area (Å²) in [5.41, 5.74) is 0.433. The van der Waals surface area contributed by atoms with Gasteiger partial charge in [0.15, 0.2) is 11.9 Å². The molecule has 0 unspecified atom stereocenters. The fraction of sp³-hybridized carbons (Fsp3) is 0.222. The summed E-state index contributed by atoms with van der Waals surface area (Å²) in [5.74, 6) is 1.54. The number of carbonyl (C=O) groups excluding carboxylic acids is 2. The average molecular weight is 328 g/mol. The van der Waals surface area contributed by atoms with Crippen molar-refractivity contribution in [3.8, 4) is 11.5 Å². The van der Waals surface area contributed by atoms with E-state index < -0.39 is 12.1 Å². The molecule has 124 valence electrons. The SMILES string of the molecule is COC(=O)[C@@H](C)Oc1ccc2c(c1)OC(=Cc1ccc(C)o1)C2=O. The number of carbonyl (C=O) groups is 2. The number of hydrogen-bond acceptors (Lipinski definition) is 6. The van der Waals surface area contributed by atoms with Crippen molar-refractivity contribution in [3.05, 3.63) is 53.2 Å². The molecule has 1 atom stereocenters. The highest BCUT2D eigenvalue weighted by atomic mass is 16.6. The van der Waals surface area contributed by atoms with E-state index in [9.17, 15) is 9.59 Å². The minimum absolute atomic E-state index is 0.178. The molecule has 24 heavy (non-hydrogen) atoms.